The van der Waals surface area contributed by atoms with Crippen LogP contribution in [0.1, 0.15) is 12.8 Å². The van der Waals surface area contributed by atoms with E-state index in [4.69, 9.17) is 0 Å². The van der Waals surface area contributed by atoms with Gasteiger partial charge in [-0.05, 0) is 30.1 Å². The van der Waals surface area contributed by atoms with Gasteiger partial charge in [0, 0.05) is 25.4 Å². The van der Waals surface area contributed by atoms with Gasteiger partial charge in [-0.3, -0.25) is 4.79 Å². The fourth-order valence-electron chi connectivity index (χ4n) is 1.82. The zero-order valence-electron chi connectivity index (χ0n) is 10.5. The molecular formula is C13H16N2O2S. The molecule has 96 valence electrons. The highest BCUT2D eigenvalue weighted by Crippen LogP contribution is 2.30. The summed E-state index contributed by atoms with van der Waals surface area (Å²) in [5, 5.41) is 2.32. The Morgan fingerprint density at radius 1 is 1.44 bits per heavy atom. The lowest BCUT2D eigenvalue weighted by atomic mass is 10.2. The highest BCUT2D eigenvalue weighted by molar-refractivity contribution is 7.11. The molecule has 0 aliphatic rings. The van der Waals surface area contributed by atoms with Crippen LogP contribution in [0.2, 0.25) is 0 Å². The number of ether oxygens (including phenoxy) is 1. The van der Waals surface area contributed by atoms with Crippen LogP contribution in [-0.4, -0.2) is 31.0 Å². The summed E-state index contributed by atoms with van der Waals surface area (Å²) in [6, 6.07) is 8.09. The van der Waals surface area contributed by atoms with Crippen LogP contribution in [0.25, 0.3) is 10.9 Å². The van der Waals surface area contributed by atoms with Gasteiger partial charge < -0.3 is 9.64 Å². The summed E-state index contributed by atoms with van der Waals surface area (Å²) in [4.78, 5) is 13.2. The SMILES string of the molecule is COC(=O)CCCN(C)c1snc2ccccc12. The molecule has 0 spiro atoms. The number of carbonyl (C=O) groups is 1. The van der Waals surface area contributed by atoms with E-state index in [1.807, 2.05) is 25.2 Å². The average Bonchev–Trinajstić information content (AvgIpc) is 2.82. The first-order valence-corrected chi connectivity index (χ1v) is 6.62. The first-order chi connectivity index (χ1) is 8.72. The van der Waals surface area contributed by atoms with E-state index in [9.17, 15) is 4.79 Å². The van der Waals surface area contributed by atoms with Crippen molar-refractivity contribution in [3.8, 4) is 0 Å². The molecule has 0 atom stereocenters. The van der Waals surface area contributed by atoms with E-state index in [0.717, 1.165) is 23.5 Å². The maximum absolute atomic E-state index is 11.0. The number of aromatic nitrogens is 1. The number of hydrogen-bond donors (Lipinski definition) is 0. The standard InChI is InChI=1S/C13H16N2O2S/c1-15(9-5-8-12(16)17-2)13-10-6-3-4-7-11(10)14-18-13/h3-4,6-7H,5,8-9H2,1-2H3. The van der Waals surface area contributed by atoms with E-state index < -0.39 is 0 Å². The predicted octanol–water partition coefficient (Wildman–Crippen LogP) is 2.69. The number of methoxy groups -OCH3 is 1. The number of fused-ring (bicyclic) bond motifs is 1. The van der Waals surface area contributed by atoms with E-state index >= 15 is 0 Å². The minimum absolute atomic E-state index is 0.155. The van der Waals surface area contributed by atoms with Crippen LogP contribution in [0.15, 0.2) is 24.3 Å². The van der Waals surface area contributed by atoms with E-state index in [0.29, 0.717) is 6.42 Å². The monoisotopic (exact) mass is 264 g/mol. The molecule has 18 heavy (non-hydrogen) atoms. The zero-order chi connectivity index (χ0) is 13.0. The van der Waals surface area contributed by atoms with Gasteiger partial charge in [-0.2, -0.15) is 4.37 Å². The first-order valence-electron chi connectivity index (χ1n) is 5.84. The van der Waals surface area contributed by atoms with Crippen molar-refractivity contribution in [3.63, 3.8) is 0 Å². The van der Waals surface area contributed by atoms with Crippen molar-refractivity contribution in [1.29, 1.82) is 0 Å². The lowest BCUT2D eigenvalue weighted by molar-refractivity contribution is -0.140. The van der Waals surface area contributed by atoms with Gasteiger partial charge in [-0.1, -0.05) is 12.1 Å². The summed E-state index contributed by atoms with van der Waals surface area (Å²) < 4.78 is 9.03. The second kappa shape index (κ2) is 5.82. The molecule has 5 heteroatoms. The minimum Gasteiger partial charge on any atom is -0.469 e. The Morgan fingerprint density at radius 3 is 3.00 bits per heavy atom. The molecule has 0 aliphatic carbocycles. The fraction of sp³-hybridized carbons (Fsp3) is 0.385. The normalized spacial score (nSPS) is 10.6. The molecule has 1 aromatic carbocycles. The summed E-state index contributed by atoms with van der Waals surface area (Å²) in [5.41, 5.74) is 1.03. The van der Waals surface area contributed by atoms with Crippen molar-refractivity contribution in [1.82, 2.24) is 4.37 Å². The molecule has 1 heterocycles. The lowest BCUT2D eigenvalue weighted by Gasteiger charge is -2.16. The van der Waals surface area contributed by atoms with Gasteiger partial charge in [0.2, 0.25) is 0 Å². The van der Waals surface area contributed by atoms with E-state index in [1.165, 1.54) is 24.0 Å². The molecule has 0 fully saturated rings. The van der Waals surface area contributed by atoms with Gasteiger partial charge >= 0.3 is 5.97 Å². The van der Waals surface area contributed by atoms with Crippen LogP contribution in [0.3, 0.4) is 0 Å². The van der Waals surface area contributed by atoms with Gasteiger partial charge in [-0.15, -0.1) is 0 Å². The molecule has 0 bridgehead atoms. The number of anilines is 1. The maximum atomic E-state index is 11.0. The van der Waals surface area contributed by atoms with Crippen molar-refractivity contribution in [2.75, 3.05) is 25.6 Å². The summed E-state index contributed by atoms with van der Waals surface area (Å²) in [5.74, 6) is -0.155. The van der Waals surface area contributed by atoms with Crippen molar-refractivity contribution in [3.05, 3.63) is 24.3 Å². The van der Waals surface area contributed by atoms with E-state index in [-0.39, 0.29) is 5.97 Å². The minimum atomic E-state index is -0.155. The van der Waals surface area contributed by atoms with Crippen LogP contribution in [-0.2, 0) is 9.53 Å². The molecule has 0 N–H and O–H groups in total. The molecule has 2 rings (SSSR count). The Labute approximate surface area is 110 Å². The number of rotatable bonds is 5. The number of hydrogen-bond acceptors (Lipinski definition) is 5. The summed E-state index contributed by atoms with van der Waals surface area (Å²) >= 11 is 1.50. The van der Waals surface area contributed by atoms with Gasteiger partial charge in [0.25, 0.3) is 0 Å². The van der Waals surface area contributed by atoms with Crippen LogP contribution < -0.4 is 4.90 Å². The lowest BCUT2D eigenvalue weighted by Crippen LogP contribution is -2.18. The third kappa shape index (κ3) is 2.79. The molecule has 4 nitrogen and oxygen atoms in total. The van der Waals surface area contributed by atoms with E-state index in [2.05, 4.69) is 20.1 Å². The Kier molecular flexibility index (Phi) is 4.15. The Morgan fingerprint density at radius 2 is 2.22 bits per heavy atom. The molecule has 0 aliphatic heterocycles. The average molecular weight is 264 g/mol. The topological polar surface area (TPSA) is 42.4 Å². The van der Waals surface area contributed by atoms with Crippen LogP contribution in [0, 0.1) is 0 Å². The van der Waals surface area contributed by atoms with Gasteiger partial charge in [0.1, 0.15) is 5.00 Å². The van der Waals surface area contributed by atoms with Crippen LogP contribution >= 0.6 is 11.5 Å². The summed E-state index contributed by atoms with van der Waals surface area (Å²) in [6.45, 7) is 0.821. The molecule has 2 aromatic rings. The third-order valence-electron chi connectivity index (χ3n) is 2.81. The number of esters is 1. The second-order valence-electron chi connectivity index (χ2n) is 4.11. The van der Waals surface area contributed by atoms with Gasteiger partial charge in [0.15, 0.2) is 0 Å². The number of nitrogens with zero attached hydrogens (tertiary/aromatic N) is 2. The molecular weight excluding hydrogens is 248 g/mol. The molecule has 1 aromatic heterocycles. The summed E-state index contributed by atoms with van der Waals surface area (Å²) in [7, 11) is 3.44. The molecule has 0 unspecified atom stereocenters. The van der Waals surface area contributed by atoms with Gasteiger partial charge in [0.05, 0.1) is 12.6 Å². The molecule has 0 saturated heterocycles. The van der Waals surface area contributed by atoms with Crippen molar-refractivity contribution < 1.29 is 9.53 Å². The predicted molar refractivity (Wildman–Crippen MR) is 74.1 cm³/mol. The van der Waals surface area contributed by atoms with Gasteiger partial charge in [-0.25, -0.2) is 0 Å². The van der Waals surface area contributed by atoms with Crippen molar-refractivity contribution in [2.45, 2.75) is 12.8 Å². The molecule has 0 saturated carbocycles. The number of benzene rings is 1. The molecule has 0 amide bonds. The quantitative estimate of drug-likeness (QED) is 0.779. The Balaban J connectivity index is 2.00. The van der Waals surface area contributed by atoms with Crippen LogP contribution in [0.4, 0.5) is 5.00 Å². The Hall–Kier alpha value is -1.62. The van der Waals surface area contributed by atoms with Crippen LogP contribution in [0.5, 0.6) is 0 Å². The smallest absolute Gasteiger partial charge is 0.305 e. The fourth-order valence-corrected chi connectivity index (χ4v) is 2.66. The number of carbonyl (C=O) groups excluding carboxylic acids is 1. The molecule has 0 radical (unpaired) electrons. The van der Waals surface area contributed by atoms with Crippen molar-refractivity contribution >= 4 is 33.4 Å². The Bertz CT molecular complexity index is 539. The zero-order valence-corrected chi connectivity index (χ0v) is 11.4. The third-order valence-corrected chi connectivity index (χ3v) is 3.81. The maximum Gasteiger partial charge on any atom is 0.305 e. The highest BCUT2D eigenvalue weighted by atomic mass is 32.1. The second-order valence-corrected chi connectivity index (χ2v) is 4.86. The highest BCUT2D eigenvalue weighted by Gasteiger charge is 2.10. The summed E-state index contributed by atoms with van der Waals surface area (Å²) in [6.07, 6.45) is 1.24. The van der Waals surface area contributed by atoms with E-state index in [1.54, 1.807) is 0 Å². The first kappa shape index (κ1) is 12.8. The largest absolute Gasteiger partial charge is 0.469 e. The van der Waals surface area contributed by atoms with Crippen molar-refractivity contribution in [2.24, 2.45) is 0 Å².